The Morgan fingerprint density at radius 3 is 2.39 bits per heavy atom. The van der Waals surface area contributed by atoms with Gasteiger partial charge in [0, 0.05) is 25.2 Å². The minimum Gasteiger partial charge on any atom is -0.354 e. The summed E-state index contributed by atoms with van der Waals surface area (Å²) < 4.78 is 14.0. The maximum absolute atomic E-state index is 14.0. The van der Waals surface area contributed by atoms with Gasteiger partial charge in [0.2, 0.25) is 5.91 Å². The summed E-state index contributed by atoms with van der Waals surface area (Å²) in [5, 5.41) is 5.86. The topological polar surface area (TPSA) is 78.5 Å². The smallest absolute Gasteiger partial charge is 0.256 e. The predicted molar refractivity (Wildman–Crippen MR) is 125 cm³/mol. The molecule has 0 aromatic heterocycles. The molecule has 0 spiro atoms. The van der Waals surface area contributed by atoms with Crippen molar-refractivity contribution in [1.82, 2.24) is 15.5 Å². The number of benzene rings is 2. The van der Waals surface area contributed by atoms with Crippen LogP contribution in [0.2, 0.25) is 0 Å². The Morgan fingerprint density at radius 1 is 1.06 bits per heavy atom. The summed E-state index contributed by atoms with van der Waals surface area (Å²) in [6, 6.07) is 12.5. The third kappa shape index (κ3) is 6.40. The first kappa shape index (κ1) is 24.4. The normalized spacial score (nSPS) is 15.2. The molecular weight excluding hydrogens is 421 g/mol. The lowest BCUT2D eigenvalue weighted by Crippen LogP contribution is -2.54. The number of halogens is 1. The van der Waals surface area contributed by atoms with E-state index in [0.717, 1.165) is 5.56 Å². The second kappa shape index (κ2) is 11.1. The lowest BCUT2D eigenvalue weighted by atomic mass is 9.88. The van der Waals surface area contributed by atoms with Crippen molar-refractivity contribution in [2.75, 3.05) is 19.6 Å². The molecule has 6 nitrogen and oxygen atoms in total. The Kier molecular flexibility index (Phi) is 8.20. The Bertz CT molecular complexity index is 1000. The van der Waals surface area contributed by atoms with Crippen molar-refractivity contribution < 1.29 is 18.8 Å². The van der Waals surface area contributed by atoms with E-state index >= 15 is 0 Å². The summed E-state index contributed by atoms with van der Waals surface area (Å²) in [6.07, 6.45) is 1.07. The molecule has 1 fully saturated rings. The van der Waals surface area contributed by atoms with E-state index in [2.05, 4.69) is 10.6 Å². The molecular formula is C26H32FN3O3. The Labute approximate surface area is 194 Å². The summed E-state index contributed by atoms with van der Waals surface area (Å²) in [7, 11) is 0. The highest BCUT2D eigenvalue weighted by Crippen LogP contribution is 2.23. The molecule has 1 atom stereocenters. The van der Waals surface area contributed by atoms with Crippen molar-refractivity contribution in [3.63, 3.8) is 0 Å². The first-order valence-corrected chi connectivity index (χ1v) is 11.4. The van der Waals surface area contributed by atoms with Crippen LogP contribution in [0.3, 0.4) is 0 Å². The molecule has 1 aliphatic heterocycles. The Morgan fingerprint density at radius 2 is 1.76 bits per heavy atom. The molecule has 3 amide bonds. The lowest BCUT2D eigenvalue weighted by Gasteiger charge is -2.36. The molecule has 1 heterocycles. The molecule has 1 unspecified atom stereocenters. The summed E-state index contributed by atoms with van der Waals surface area (Å²) >= 11 is 0. The lowest BCUT2D eigenvalue weighted by molar-refractivity contribution is -0.124. The van der Waals surface area contributed by atoms with Crippen LogP contribution in [0.1, 0.15) is 53.0 Å². The van der Waals surface area contributed by atoms with Crippen LogP contribution in [0.25, 0.3) is 0 Å². The minimum absolute atomic E-state index is 0.0509. The number of likely N-dealkylation sites (tertiary alicyclic amines) is 1. The summed E-state index contributed by atoms with van der Waals surface area (Å²) in [6.45, 7) is 7.23. The third-order valence-electron chi connectivity index (χ3n) is 5.94. The van der Waals surface area contributed by atoms with Gasteiger partial charge in [-0.2, -0.15) is 0 Å². The number of hydrogen-bond acceptors (Lipinski definition) is 3. The highest BCUT2D eigenvalue weighted by Gasteiger charge is 2.34. The monoisotopic (exact) mass is 453 g/mol. The predicted octanol–water partition coefficient (Wildman–Crippen LogP) is 3.56. The SMILES string of the molecule is Cc1cccc(C(=O)NC(C(=O)NCC(C)C)C2CCN(C(=O)c3ccccc3F)CC2)c1. The van der Waals surface area contributed by atoms with Gasteiger partial charge >= 0.3 is 0 Å². The number of piperidine rings is 1. The number of amides is 3. The summed E-state index contributed by atoms with van der Waals surface area (Å²) in [5.74, 6) is -1.26. The fourth-order valence-corrected chi connectivity index (χ4v) is 4.06. The average molecular weight is 454 g/mol. The molecule has 2 aromatic rings. The molecule has 0 saturated carbocycles. The van der Waals surface area contributed by atoms with E-state index in [0.29, 0.717) is 38.0 Å². The molecule has 7 heteroatoms. The van der Waals surface area contributed by atoms with Gasteiger partial charge in [0.25, 0.3) is 11.8 Å². The maximum Gasteiger partial charge on any atom is 0.256 e. The molecule has 1 saturated heterocycles. The van der Waals surface area contributed by atoms with E-state index in [9.17, 15) is 18.8 Å². The van der Waals surface area contributed by atoms with Gasteiger partial charge in [0.1, 0.15) is 11.9 Å². The Balaban J connectivity index is 1.70. The zero-order chi connectivity index (χ0) is 24.0. The standard InChI is InChI=1S/C26H32FN3O3/c1-17(2)16-28-25(32)23(29-24(31)20-8-6-7-18(3)15-20)19-11-13-30(14-12-19)26(33)21-9-4-5-10-22(21)27/h4-10,15,17,19,23H,11-14,16H2,1-3H3,(H,28,32)(H,29,31). The van der Waals surface area contributed by atoms with E-state index in [-0.39, 0.29) is 35.1 Å². The number of hydrogen-bond donors (Lipinski definition) is 2. The molecule has 176 valence electrons. The molecule has 0 bridgehead atoms. The van der Waals surface area contributed by atoms with Crippen molar-refractivity contribution in [2.24, 2.45) is 11.8 Å². The van der Waals surface area contributed by atoms with Gasteiger partial charge in [0.15, 0.2) is 0 Å². The van der Waals surface area contributed by atoms with Crippen LogP contribution in [0.4, 0.5) is 4.39 Å². The zero-order valence-corrected chi connectivity index (χ0v) is 19.4. The van der Waals surface area contributed by atoms with Gasteiger partial charge in [-0.1, -0.05) is 43.7 Å². The molecule has 1 aliphatic rings. The van der Waals surface area contributed by atoms with Gasteiger partial charge in [-0.15, -0.1) is 0 Å². The number of aryl methyl sites for hydroxylation is 1. The van der Waals surface area contributed by atoms with Gasteiger partial charge in [0.05, 0.1) is 5.56 Å². The van der Waals surface area contributed by atoms with Gasteiger partial charge in [-0.05, 0) is 55.9 Å². The van der Waals surface area contributed by atoms with E-state index in [1.165, 1.54) is 12.1 Å². The second-order valence-electron chi connectivity index (χ2n) is 9.07. The van der Waals surface area contributed by atoms with Crippen molar-refractivity contribution in [2.45, 2.75) is 39.7 Å². The first-order chi connectivity index (χ1) is 15.8. The second-order valence-corrected chi connectivity index (χ2v) is 9.07. The first-order valence-electron chi connectivity index (χ1n) is 11.4. The van der Waals surface area contributed by atoms with Crippen molar-refractivity contribution in [3.05, 3.63) is 71.0 Å². The fourth-order valence-electron chi connectivity index (χ4n) is 4.06. The van der Waals surface area contributed by atoms with Crippen molar-refractivity contribution in [1.29, 1.82) is 0 Å². The molecule has 0 radical (unpaired) electrons. The van der Waals surface area contributed by atoms with E-state index < -0.39 is 11.9 Å². The van der Waals surface area contributed by atoms with E-state index in [1.807, 2.05) is 32.9 Å². The van der Waals surface area contributed by atoms with Crippen molar-refractivity contribution in [3.8, 4) is 0 Å². The molecule has 33 heavy (non-hydrogen) atoms. The molecule has 2 N–H and O–H groups in total. The number of nitrogens with zero attached hydrogens (tertiary/aromatic N) is 1. The van der Waals surface area contributed by atoms with Crippen LogP contribution in [-0.2, 0) is 4.79 Å². The minimum atomic E-state index is -0.706. The maximum atomic E-state index is 14.0. The summed E-state index contributed by atoms with van der Waals surface area (Å²) in [5.41, 5.74) is 1.52. The Hall–Kier alpha value is -3.22. The number of carbonyl (C=O) groups is 3. The number of nitrogens with one attached hydrogen (secondary N) is 2. The van der Waals surface area contributed by atoms with Crippen LogP contribution in [0, 0.1) is 24.6 Å². The number of carbonyl (C=O) groups excluding carboxylic acids is 3. The molecule has 3 rings (SSSR count). The van der Waals surface area contributed by atoms with Crippen LogP contribution in [0.5, 0.6) is 0 Å². The van der Waals surface area contributed by atoms with Crippen LogP contribution >= 0.6 is 0 Å². The van der Waals surface area contributed by atoms with Crippen LogP contribution in [0.15, 0.2) is 48.5 Å². The highest BCUT2D eigenvalue weighted by atomic mass is 19.1. The molecule has 2 aromatic carbocycles. The number of rotatable bonds is 7. The molecule has 0 aliphatic carbocycles. The summed E-state index contributed by atoms with van der Waals surface area (Å²) in [4.78, 5) is 40.2. The van der Waals surface area contributed by atoms with E-state index in [4.69, 9.17) is 0 Å². The third-order valence-corrected chi connectivity index (χ3v) is 5.94. The van der Waals surface area contributed by atoms with Gasteiger partial charge in [-0.25, -0.2) is 4.39 Å². The fraction of sp³-hybridized carbons (Fsp3) is 0.423. The van der Waals surface area contributed by atoms with Crippen LogP contribution in [-0.4, -0.2) is 48.3 Å². The van der Waals surface area contributed by atoms with Crippen molar-refractivity contribution >= 4 is 17.7 Å². The van der Waals surface area contributed by atoms with E-state index in [1.54, 1.807) is 29.2 Å². The zero-order valence-electron chi connectivity index (χ0n) is 19.4. The quantitative estimate of drug-likeness (QED) is 0.673. The van der Waals surface area contributed by atoms with Gasteiger partial charge in [-0.3, -0.25) is 14.4 Å². The van der Waals surface area contributed by atoms with Gasteiger partial charge < -0.3 is 15.5 Å². The largest absolute Gasteiger partial charge is 0.354 e. The van der Waals surface area contributed by atoms with Crippen LogP contribution < -0.4 is 10.6 Å². The average Bonchev–Trinajstić information content (AvgIpc) is 2.81. The highest BCUT2D eigenvalue weighted by molar-refractivity contribution is 5.98.